The third-order valence-corrected chi connectivity index (χ3v) is 3.03. The largest absolute Gasteiger partial charge is 0.481 e. The van der Waals surface area contributed by atoms with E-state index >= 15 is 0 Å². The van der Waals surface area contributed by atoms with E-state index in [2.05, 4.69) is 4.98 Å². The number of hydrogen-bond acceptors (Lipinski definition) is 2. The van der Waals surface area contributed by atoms with E-state index in [1.54, 1.807) is 6.20 Å². The van der Waals surface area contributed by atoms with E-state index in [4.69, 9.17) is 5.11 Å². The lowest BCUT2D eigenvalue weighted by atomic mass is 9.98. The Morgan fingerprint density at radius 1 is 1.30 bits per heavy atom. The summed E-state index contributed by atoms with van der Waals surface area (Å²) in [5.41, 5.74) is 2.92. The lowest BCUT2D eigenvalue weighted by molar-refractivity contribution is -0.137. The molecule has 1 N–H and O–H groups in total. The van der Waals surface area contributed by atoms with E-state index in [0.717, 1.165) is 16.8 Å². The number of allylic oxidation sites excluding steroid dienone is 1. The molecular weight excluding hydrogens is 250 g/mol. The molecule has 0 fully saturated rings. The van der Waals surface area contributed by atoms with Gasteiger partial charge in [0.15, 0.2) is 0 Å². The van der Waals surface area contributed by atoms with Crippen molar-refractivity contribution < 1.29 is 9.90 Å². The maximum Gasteiger partial charge on any atom is 0.304 e. The minimum atomic E-state index is -0.823. The number of nitrogens with zero attached hydrogens (tertiary/aromatic N) is 1. The van der Waals surface area contributed by atoms with Gasteiger partial charge in [-0.3, -0.25) is 9.78 Å². The van der Waals surface area contributed by atoms with Crippen LogP contribution >= 0.6 is 0 Å². The minimum absolute atomic E-state index is 0.0415. The molecule has 0 aliphatic rings. The Kier molecular flexibility index (Phi) is 4.66. The molecule has 0 aliphatic heterocycles. The summed E-state index contributed by atoms with van der Waals surface area (Å²) in [5.74, 6) is -1.04. The van der Waals surface area contributed by atoms with Crippen LogP contribution in [-0.4, -0.2) is 16.1 Å². The molecule has 0 bridgehead atoms. The van der Waals surface area contributed by atoms with Gasteiger partial charge in [0.1, 0.15) is 0 Å². The van der Waals surface area contributed by atoms with Crippen molar-refractivity contribution in [3.05, 3.63) is 71.6 Å². The molecule has 0 spiro atoms. The van der Waals surface area contributed by atoms with Crippen LogP contribution in [0.4, 0.5) is 0 Å². The second-order valence-electron chi connectivity index (χ2n) is 4.73. The lowest BCUT2D eigenvalue weighted by Crippen LogP contribution is -2.06. The maximum atomic E-state index is 11.0. The Bertz CT molecular complexity index is 605. The van der Waals surface area contributed by atoms with Gasteiger partial charge in [0, 0.05) is 17.8 Å². The van der Waals surface area contributed by atoms with Crippen molar-refractivity contribution in [2.75, 3.05) is 0 Å². The van der Waals surface area contributed by atoms with Gasteiger partial charge < -0.3 is 5.11 Å². The monoisotopic (exact) mass is 267 g/mol. The Morgan fingerprint density at radius 3 is 2.70 bits per heavy atom. The quantitative estimate of drug-likeness (QED) is 0.899. The van der Waals surface area contributed by atoms with E-state index in [9.17, 15) is 4.79 Å². The molecule has 0 saturated heterocycles. The van der Waals surface area contributed by atoms with Crippen LogP contribution in [0.25, 0.3) is 6.08 Å². The fraction of sp³-hybridized carbons (Fsp3) is 0.176. The summed E-state index contributed by atoms with van der Waals surface area (Å²) >= 11 is 0. The summed E-state index contributed by atoms with van der Waals surface area (Å²) in [5, 5.41) is 9.05. The molecule has 2 rings (SSSR count). The molecule has 102 valence electrons. The van der Waals surface area contributed by atoms with Gasteiger partial charge in [0.25, 0.3) is 0 Å². The molecular formula is C17H17NO2. The van der Waals surface area contributed by atoms with Crippen molar-refractivity contribution >= 4 is 12.0 Å². The van der Waals surface area contributed by atoms with Gasteiger partial charge in [-0.2, -0.15) is 0 Å². The molecule has 1 aromatic carbocycles. The van der Waals surface area contributed by atoms with E-state index in [1.807, 2.05) is 61.5 Å². The summed E-state index contributed by atoms with van der Waals surface area (Å²) in [7, 11) is 0. The van der Waals surface area contributed by atoms with E-state index in [1.165, 1.54) is 0 Å². The first-order chi connectivity index (χ1) is 9.65. The zero-order valence-electron chi connectivity index (χ0n) is 11.4. The predicted octanol–water partition coefficient (Wildman–Crippen LogP) is 3.66. The summed E-state index contributed by atoms with van der Waals surface area (Å²) in [4.78, 5) is 15.3. The first-order valence-electron chi connectivity index (χ1n) is 6.53. The van der Waals surface area contributed by atoms with Crippen molar-refractivity contribution in [1.29, 1.82) is 0 Å². The fourth-order valence-corrected chi connectivity index (χ4v) is 2.01. The fourth-order valence-electron chi connectivity index (χ4n) is 2.01. The number of carbonyl (C=O) groups is 1. The van der Waals surface area contributed by atoms with Crippen LogP contribution in [0, 0.1) is 6.92 Å². The summed E-state index contributed by atoms with van der Waals surface area (Å²) in [6.45, 7) is 1.98. The second-order valence-corrected chi connectivity index (χ2v) is 4.73. The van der Waals surface area contributed by atoms with Crippen LogP contribution in [0.2, 0.25) is 0 Å². The van der Waals surface area contributed by atoms with Gasteiger partial charge in [0.2, 0.25) is 0 Å². The highest BCUT2D eigenvalue weighted by atomic mass is 16.4. The van der Waals surface area contributed by atoms with Gasteiger partial charge in [-0.1, -0.05) is 42.5 Å². The third-order valence-electron chi connectivity index (χ3n) is 3.03. The number of hydrogen-bond donors (Lipinski definition) is 1. The smallest absolute Gasteiger partial charge is 0.304 e. The normalized spacial score (nSPS) is 12.4. The molecule has 1 heterocycles. The average molecular weight is 267 g/mol. The minimum Gasteiger partial charge on any atom is -0.481 e. The summed E-state index contributed by atoms with van der Waals surface area (Å²) in [6.07, 6.45) is 5.61. The molecule has 20 heavy (non-hydrogen) atoms. The first-order valence-corrected chi connectivity index (χ1v) is 6.53. The summed E-state index contributed by atoms with van der Waals surface area (Å²) < 4.78 is 0. The Labute approximate surface area is 118 Å². The van der Waals surface area contributed by atoms with Gasteiger partial charge in [-0.25, -0.2) is 0 Å². The van der Waals surface area contributed by atoms with Crippen LogP contribution in [0.3, 0.4) is 0 Å². The Hall–Kier alpha value is -2.42. The van der Waals surface area contributed by atoms with Crippen LogP contribution in [0.15, 0.2) is 54.7 Å². The molecule has 0 saturated carbocycles. The second kappa shape index (κ2) is 6.66. The van der Waals surface area contributed by atoms with Crippen LogP contribution in [0.1, 0.15) is 29.2 Å². The molecule has 0 amide bonds. The molecule has 1 aromatic heterocycles. The van der Waals surface area contributed by atoms with E-state index in [-0.39, 0.29) is 12.3 Å². The van der Waals surface area contributed by atoms with Gasteiger partial charge in [-0.15, -0.1) is 0 Å². The highest BCUT2D eigenvalue weighted by molar-refractivity contribution is 5.69. The van der Waals surface area contributed by atoms with Crippen molar-refractivity contribution in [3.8, 4) is 0 Å². The van der Waals surface area contributed by atoms with Crippen LogP contribution in [0.5, 0.6) is 0 Å². The molecule has 0 aliphatic carbocycles. The highest BCUT2D eigenvalue weighted by Crippen LogP contribution is 2.21. The van der Waals surface area contributed by atoms with E-state index < -0.39 is 5.97 Å². The van der Waals surface area contributed by atoms with Crippen molar-refractivity contribution in [2.24, 2.45) is 0 Å². The molecule has 1 atom stereocenters. The number of carboxylic acids is 1. The number of carboxylic acid groups (broad SMARTS) is 1. The van der Waals surface area contributed by atoms with Crippen LogP contribution < -0.4 is 0 Å². The SMILES string of the molecule is Cc1ccnc(C(C=Cc2ccccc2)CC(=O)O)c1. The Balaban J connectivity index is 2.24. The van der Waals surface area contributed by atoms with Gasteiger partial charge in [0.05, 0.1) is 6.42 Å². The maximum absolute atomic E-state index is 11.0. The molecule has 1 unspecified atom stereocenters. The van der Waals surface area contributed by atoms with Crippen LogP contribution in [-0.2, 0) is 4.79 Å². The van der Waals surface area contributed by atoms with Crippen molar-refractivity contribution in [2.45, 2.75) is 19.3 Å². The van der Waals surface area contributed by atoms with E-state index in [0.29, 0.717) is 0 Å². The zero-order valence-corrected chi connectivity index (χ0v) is 11.4. The first kappa shape index (κ1) is 14.0. The standard InChI is InChI=1S/C17H17NO2/c1-13-9-10-18-16(11-13)15(12-17(19)20)8-7-14-5-3-2-4-6-14/h2-11,15H,12H2,1H3,(H,19,20). The molecule has 2 aromatic rings. The lowest BCUT2D eigenvalue weighted by Gasteiger charge is -2.10. The zero-order chi connectivity index (χ0) is 14.4. The number of pyridine rings is 1. The van der Waals surface area contributed by atoms with Crippen molar-refractivity contribution in [1.82, 2.24) is 4.98 Å². The number of benzene rings is 1. The molecule has 3 heteroatoms. The van der Waals surface area contributed by atoms with Crippen molar-refractivity contribution in [3.63, 3.8) is 0 Å². The molecule has 3 nitrogen and oxygen atoms in total. The third kappa shape index (κ3) is 4.05. The number of aliphatic carboxylic acids is 1. The number of aryl methyl sites for hydroxylation is 1. The molecule has 0 radical (unpaired) electrons. The Morgan fingerprint density at radius 2 is 2.05 bits per heavy atom. The number of rotatable bonds is 5. The average Bonchev–Trinajstić information content (AvgIpc) is 2.44. The number of aromatic nitrogens is 1. The van der Waals surface area contributed by atoms with Gasteiger partial charge in [-0.05, 0) is 30.2 Å². The van der Waals surface area contributed by atoms with Gasteiger partial charge >= 0.3 is 5.97 Å². The summed E-state index contributed by atoms with van der Waals surface area (Å²) in [6, 6.07) is 13.7. The predicted molar refractivity (Wildman–Crippen MR) is 79.4 cm³/mol. The topological polar surface area (TPSA) is 50.2 Å². The highest BCUT2D eigenvalue weighted by Gasteiger charge is 2.14.